The highest BCUT2D eigenvalue weighted by atomic mass is 16.5. The molecule has 0 bridgehead atoms. The molecule has 0 saturated heterocycles. The summed E-state index contributed by atoms with van der Waals surface area (Å²) in [6.07, 6.45) is 0. The van der Waals surface area contributed by atoms with Crippen LogP contribution in [-0.2, 0) is 10.2 Å². The Bertz CT molecular complexity index is 585. The normalized spacial score (nSPS) is 11.3. The molecule has 2 aromatic carbocycles. The fourth-order valence-corrected chi connectivity index (χ4v) is 2.50. The van der Waals surface area contributed by atoms with E-state index in [1.54, 1.807) is 7.11 Å². The molecule has 0 spiro atoms. The van der Waals surface area contributed by atoms with Crippen molar-refractivity contribution in [3.05, 3.63) is 59.7 Å². The summed E-state index contributed by atoms with van der Waals surface area (Å²) in [6, 6.07) is 16.5. The van der Waals surface area contributed by atoms with Crippen LogP contribution < -0.4 is 9.47 Å². The maximum Gasteiger partial charge on any atom is 0.119 e. The van der Waals surface area contributed by atoms with Gasteiger partial charge in [0.1, 0.15) is 18.1 Å². The van der Waals surface area contributed by atoms with Gasteiger partial charge in [-0.25, -0.2) is 0 Å². The first-order valence-corrected chi connectivity index (χ1v) is 8.03. The Morgan fingerprint density at radius 2 is 1.30 bits per heavy atom. The summed E-state index contributed by atoms with van der Waals surface area (Å²) in [5.41, 5.74) is 2.43. The van der Waals surface area contributed by atoms with E-state index in [2.05, 4.69) is 38.1 Å². The van der Waals surface area contributed by atoms with Crippen molar-refractivity contribution in [2.75, 3.05) is 26.9 Å². The molecule has 124 valence electrons. The molecule has 0 heterocycles. The molecule has 0 atom stereocenters. The summed E-state index contributed by atoms with van der Waals surface area (Å²) in [5.74, 6) is 1.75. The highest BCUT2D eigenvalue weighted by Gasteiger charge is 2.23. The SMILES string of the molecule is CCOCCOc1ccc(C(C)(C)c2ccc(OC)cc2)cc1. The topological polar surface area (TPSA) is 27.7 Å². The lowest BCUT2D eigenvalue weighted by Gasteiger charge is -2.26. The van der Waals surface area contributed by atoms with Crippen LogP contribution in [0.4, 0.5) is 0 Å². The smallest absolute Gasteiger partial charge is 0.119 e. The average molecular weight is 314 g/mol. The van der Waals surface area contributed by atoms with Gasteiger partial charge in [0.05, 0.1) is 13.7 Å². The molecule has 0 fully saturated rings. The first-order chi connectivity index (χ1) is 11.1. The van der Waals surface area contributed by atoms with Gasteiger partial charge < -0.3 is 14.2 Å². The van der Waals surface area contributed by atoms with Crippen LogP contribution in [-0.4, -0.2) is 26.9 Å². The van der Waals surface area contributed by atoms with Gasteiger partial charge in [0.2, 0.25) is 0 Å². The van der Waals surface area contributed by atoms with Gasteiger partial charge in [0.15, 0.2) is 0 Å². The Hall–Kier alpha value is -2.00. The van der Waals surface area contributed by atoms with E-state index in [0.717, 1.165) is 18.1 Å². The molecular weight excluding hydrogens is 288 g/mol. The van der Waals surface area contributed by atoms with Gasteiger partial charge in [0.25, 0.3) is 0 Å². The Kier molecular flexibility index (Phi) is 6.05. The molecule has 0 aliphatic heterocycles. The van der Waals surface area contributed by atoms with Gasteiger partial charge in [-0.05, 0) is 42.3 Å². The van der Waals surface area contributed by atoms with Gasteiger partial charge in [-0.15, -0.1) is 0 Å². The quantitative estimate of drug-likeness (QED) is 0.674. The fourth-order valence-electron chi connectivity index (χ4n) is 2.50. The van der Waals surface area contributed by atoms with E-state index in [0.29, 0.717) is 13.2 Å². The van der Waals surface area contributed by atoms with Crippen LogP contribution in [0.2, 0.25) is 0 Å². The van der Waals surface area contributed by atoms with E-state index in [9.17, 15) is 0 Å². The number of methoxy groups -OCH3 is 1. The summed E-state index contributed by atoms with van der Waals surface area (Å²) in [6.45, 7) is 8.35. The van der Waals surface area contributed by atoms with E-state index < -0.39 is 0 Å². The molecule has 0 N–H and O–H groups in total. The minimum absolute atomic E-state index is 0.0733. The van der Waals surface area contributed by atoms with Crippen LogP contribution in [0, 0.1) is 0 Å². The van der Waals surface area contributed by atoms with Gasteiger partial charge in [-0.2, -0.15) is 0 Å². The minimum Gasteiger partial charge on any atom is -0.497 e. The van der Waals surface area contributed by atoms with Gasteiger partial charge in [-0.3, -0.25) is 0 Å². The lowest BCUT2D eigenvalue weighted by atomic mass is 9.78. The van der Waals surface area contributed by atoms with Crippen molar-refractivity contribution >= 4 is 0 Å². The molecule has 0 unspecified atom stereocenters. The summed E-state index contributed by atoms with van der Waals surface area (Å²) in [4.78, 5) is 0. The third-order valence-electron chi connectivity index (χ3n) is 4.09. The van der Waals surface area contributed by atoms with E-state index in [4.69, 9.17) is 14.2 Å². The van der Waals surface area contributed by atoms with Crippen LogP contribution in [0.15, 0.2) is 48.5 Å². The maximum atomic E-state index is 5.67. The van der Waals surface area contributed by atoms with Crippen molar-refractivity contribution in [1.82, 2.24) is 0 Å². The summed E-state index contributed by atoms with van der Waals surface area (Å²) in [7, 11) is 1.68. The fraction of sp³-hybridized carbons (Fsp3) is 0.400. The molecule has 3 heteroatoms. The van der Waals surface area contributed by atoms with Crippen LogP contribution in [0.5, 0.6) is 11.5 Å². The van der Waals surface area contributed by atoms with E-state index in [1.807, 2.05) is 31.2 Å². The van der Waals surface area contributed by atoms with Crippen molar-refractivity contribution in [2.45, 2.75) is 26.2 Å². The second-order valence-corrected chi connectivity index (χ2v) is 5.92. The predicted octanol–water partition coefficient (Wildman–Crippen LogP) is 4.44. The standard InChI is InChI=1S/C20H26O3/c1-5-22-14-15-23-19-12-8-17(9-13-19)20(2,3)16-6-10-18(21-4)11-7-16/h6-13H,5,14-15H2,1-4H3. The van der Waals surface area contributed by atoms with E-state index in [1.165, 1.54) is 11.1 Å². The molecule has 0 saturated carbocycles. The highest BCUT2D eigenvalue weighted by Crippen LogP contribution is 2.33. The zero-order valence-corrected chi connectivity index (χ0v) is 14.5. The lowest BCUT2D eigenvalue weighted by molar-refractivity contribution is 0.110. The van der Waals surface area contributed by atoms with Crippen LogP contribution in [0.3, 0.4) is 0 Å². The van der Waals surface area contributed by atoms with Crippen molar-refractivity contribution in [1.29, 1.82) is 0 Å². The first kappa shape index (κ1) is 17.4. The summed E-state index contributed by atoms with van der Waals surface area (Å²) < 4.78 is 16.2. The molecule has 0 aliphatic rings. The maximum absolute atomic E-state index is 5.67. The molecule has 2 aromatic rings. The monoisotopic (exact) mass is 314 g/mol. The summed E-state index contributed by atoms with van der Waals surface area (Å²) in [5, 5.41) is 0. The van der Waals surface area contributed by atoms with Crippen molar-refractivity contribution in [3.8, 4) is 11.5 Å². The molecule has 2 rings (SSSR count). The van der Waals surface area contributed by atoms with Crippen LogP contribution in [0.25, 0.3) is 0 Å². The van der Waals surface area contributed by atoms with Gasteiger partial charge in [0, 0.05) is 12.0 Å². The summed E-state index contributed by atoms with van der Waals surface area (Å²) >= 11 is 0. The van der Waals surface area contributed by atoms with Gasteiger partial charge >= 0.3 is 0 Å². The number of ether oxygens (including phenoxy) is 3. The minimum atomic E-state index is -0.0733. The zero-order valence-electron chi connectivity index (χ0n) is 14.5. The molecule has 0 aromatic heterocycles. The Morgan fingerprint density at radius 1 is 0.783 bits per heavy atom. The van der Waals surface area contributed by atoms with Crippen LogP contribution >= 0.6 is 0 Å². The third-order valence-corrected chi connectivity index (χ3v) is 4.09. The number of hydrogen-bond donors (Lipinski definition) is 0. The Balaban J connectivity index is 2.06. The number of benzene rings is 2. The Labute approximate surface area is 139 Å². The Morgan fingerprint density at radius 3 is 1.78 bits per heavy atom. The number of hydrogen-bond acceptors (Lipinski definition) is 3. The zero-order chi connectivity index (χ0) is 16.7. The largest absolute Gasteiger partial charge is 0.497 e. The van der Waals surface area contributed by atoms with Crippen molar-refractivity contribution in [2.24, 2.45) is 0 Å². The predicted molar refractivity (Wildman–Crippen MR) is 93.6 cm³/mol. The third kappa shape index (κ3) is 4.49. The first-order valence-electron chi connectivity index (χ1n) is 8.03. The van der Waals surface area contributed by atoms with Crippen molar-refractivity contribution in [3.63, 3.8) is 0 Å². The molecule has 3 nitrogen and oxygen atoms in total. The average Bonchev–Trinajstić information content (AvgIpc) is 2.59. The lowest BCUT2D eigenvalue weighted by Crippen LogP contribution is -2.18. The van der Waals surface area contributed by atoms with Crippen molar-refractivity contribution < 1.29 is 14.2 Å². The van der Waals surface area contributed by atoms with E-state index in [-0.39, 0.29) is 5.41 Å². The molecule has 0 aliphatic carbocycles. The molecular formula is C20H26O3. The molecule has 0 radical (unpaired) electrons. The second-order valence-electron chi connectivity index (χ2n) is 5.92. The highest BCUT2D eigenvalue weighted by molar-refractivity contribution is 5.41. The van der Waals surface area contributed by atoms with Crippen LogP contribution in [0.1, 0.15) is 31.9 Å². The second kappa shape index (κ2) is 8.02. The van der Waals surface area contributed by atoms with E-state index >= 15 is 0 Å². The number of rotatable bonds is 8. The molecule has 0 amide bonds. The molecule has 23 heavy (non-hydrogen) atoms. The van der Waals surface area contributed by atoms with Gasteiger partial charge in [-0.1, -0.05) is 38.1 Å².